The van der Waals surface area contributed by atoms with E-state index in [0.717, 1.165) is 43.7 Å². The van der Waals surface area contributed by atoms with E-state index in [0.29, 0.717) is 34.5 Å². The topological polar surface area (TPSA) is 81.9 Å². The van der Waals surface area contributed by atoms with Crippen LogP contribution in [0.15, 0.2) is 59.7 Å². The molecule has 0 spiro atoms. The molecule has 2 aromatic carbocycles. The van der Waals surface area contributed by atoms with E-state index >= 15 is 0 Å². The molecule has 3 heterocycles. The number of nitrogens with zero attached hydrogens (tertiary/aromatic N) is 3. The number of aromatic nitrogens is 1. The third-order valence-corrected chi connectivity index (χ3v) is 7.64. The lowest BCUT2D eigenvalue weighted by atomic mass is 10.0. The molecule has 0 bridgehead atoms. The quantitative estimate of drug-likeness (QED) is 0.482. The van der Waals surface area contributed by atoms with E-state index < -0.39 is 0 Å². The Morgan fingerprint density at radius 3 is 2.51 bits per heavy atom. The zero-order valence-corrected chi connectivity index (χ0v) is 20.8. The minimum Gasteiger partial charge on any atom is -0.510 e. The lowest BCUT2D eigenvalue weighted by molar-refractivity contribution is 0.149. The number of piperidine rings is 1. The first-order chi connectivity index (χ1) is 17.1. The molecule has 5 rings (SSSR count). The monoisotopic (exact) mass is 490 g/mol. The molecule has 2 N–H and O–H groups in total. The summed E-state index contributed by atoms with van der Waals surface area (Å²) in [6.07, 6.45) is 1.95. The van der Waals surface area contributed by atoms with Gasteiger partial charge in [-0.25, -0.2) is 4.98 Å². The first-order valence-electron chi connectivity index (χ1n) is 11.8. The van der Waals surface area contributed by atoms with Crippen LogP contribution in [0, 0.1) is 5.41 Å². The fraction of sp³-hybridized carbons (Fsp3) is 0.333. The summed E-state index contributed by atoms with van der Waals surface area (Å²) in [5, 5.41) is 22.3. The van der Waals surface area contributed by atoms with Crippen molar-refractivity contribution in [1.82, 2.24) is 14.8 Å². The van der Waals surface area contributed by atoms with Crippen LogP contribution in [0.2, 0.25) is 0 Å². The summed E-state index contributed by atoms with van der Waals surface area (Å²) in [5.74, 6) is 1.90. The van der Waals surface area contributed by atoms with E-state index in [9.17, 15) is 5.11 Å². The molecule has 2 aliphatic heterocycles. The SMILES string of the molecule is COc1ccc(-c2csc(C3=C(O)CN(C4CCN(Cc5ccccc5)CC4)C3=N)n2)cc1OC. The van der Waals surface area contributed by atoms with Crippen LogP contribution in [0.5, 0.6) is 11.5 Å². The number of methoxy groups -OCH3 is 2. The third-order valence-electron chi connectivity index (χ3n) is 6.78. The molecule has 1 aromatic heterocycles. The number of hydrogen-bond donors (Lipinski definition) is 2. The second kappa shape index (κ2) is 10.1. The number of amidine groups is 1. The molecular formula is C27H30N4O3S. The second-order valence-corrected chi connectivity index (χ2v) is 9.76. The molecule has 1 fully saturated rings. The molecule has 8 heteroatoms. The number of ether oxygens (including phenoxy) is 2. The zero-order chi connectivity index (χ0) is 24.4. The molecule has 182 valence electrons. The first kappa shape index (κ1) is 23.4. The molecule has 0 aliphatic carbocycles. The average Bonchev–Trinajstić information content (AvgIpc) is 3.48. The lowest BCUT2D eigenvalue weighted by Gasteiger charge is -2.37. The number of thiazole rings is 1. The van der Waals surface area contributed by atoms with Crippen LogP contribution in [0.25, 0.3) is 16.8 Å². The predicted octanol–water partition coefficient (Wildman–Crippen LogP) is 5.05. The van der Waals surface area contributed by atoms with Crippen molar-refractivity contribution in [2.24, 2.45) is 0 Å². The van der Waals surface area contributed by atoms with Gasteiger partial charge in [0.2, 0.25) is 0 Å². The van der Waals surface area contributed by atoms with Gasteiger partial charge in [0, 0.05) is 36.6 Å². The molecular weight excluding hydrogens is 460 g/mol. The van der Waals surface area contributed by atoms with Crippen molar-refractivity contribution < 1.29 is 14.6 Å². The Morgan fingerprint density at radius 1 is 1.06 bits per heavy atom. The van der Waals surface area contributed by atoms with Crippen molar-refractivity contribution in [2.45, 2.75) is 25.4 Å². The van der Waals surface area contributed by atoms with E-state index in [1.807, 2.05) is 34.5 Å². The Labute approximate surface area is 209 Å². The number of likely N-dealkylation sites (tertiary alicyclic amines) is 1. The van der Waals surface area contributed by atoms with E-state index in [4.69, 9.17) is 19.9 Å². The molecule has 0 amide bonds. The van der Waals surface area contributed by atoms with Crippen LogP contribution < -0.4 is 9.47 Å². The summed E-state index contributed by atoms with van der Waals surface area (Å²) in [7, 11) is 3.22. The molecule has 7 nitrogen and oxygen atoms in total. The zero-order valence-electron chi connectivity index (χ0n) is 20.0. The molecule has 1 saturated heterocycles. The van der Waals surface area contributed by atoms with Crippen molar-refractivity contribution in [1.29, 1.82) is 5.41 Å². The minimum absolute atomic E-state index is 0.231. The van der Waals surface area contributed by atoms with Gasteiger partial charge in [-0.1, -0.05) is 30.3 Å². The Kier molecular flexibility index (Phi) is 6.74. The van der Waals surface area contributed by atoms with Gasteiger partial charge in [-0.3, -0.25) is 10.3 Å². The Balaban J connectivity index is 1.25. The largest absolute Gasteiger partial charge is 0.510 e. The van der Waals surface area contributed by atoms with Crippen molar-refractivity contribution in [2.75, 3.05) is 33.9 Å². The van der Waals surface area contributed by atoms with Gasteiger partial charge < -0.3 is 19.5 Å². The highest BCUT2D eigenvalue weighted by Crippen LogP contribution is 2.36. The number of rotatable bonds is 7. The third kappa shape index (κ3) is 4.76. The Bertz CT molecular complexity index is 1230. The molecule has 0 saturated carbocycles. The fourth-order valence-electron chi connectivity index (χ4n) is 4.88. The smallest absolute Gasteiger partial charge is 0.161 e. The minimum atomic E-state index is 0.231. The van der Waals surface area contributed by atoms with Gasteiger partial charge in [0.25, 0.3) is 0 Å². The van der Waals surface area contributed by atoms with Crippen molar-refractivity contribution in [3.8, 4) is 22.8 Å². The van der Waals surface area contributed by atoms with Crippen molar-refractivity contribution >= 4 is 22.7 Å². The molecule has 0 unspecified atom stereocenters. The average molecular weight is 491 g/mol. The molecule has 3 aromatic rings. The van der Waals surface area contributed by atoms with E-state index in [-0.39, 0.29) is 11.8 Å². The summed E-state index contributed by atoms with van der Waals surface area (Å²) in [6.45, 7) is 3.31. The number of benzene rings is 2. The maximum Gasteiger partial charge on any atom is 0.161 e. The van der Waals surface area contributed by atoms with Crippen LogP contribution in [-0.4, -0.2) is 65.6 Å². The van der Waals surface area contributed by atoms with Crippen molar-refractivity contribution in [3.63, 3.8) is 0 Å². The van der Waals surface area contributed by atoms with E-state index in [1.54, 1.807) is 14.2 Å². The van der Waals surface area contributed by atoms with Gasteiger partial charge in [-0.15, -0.1) is 11.3 Å². The van der Waals surface area contributed by atoms with Gasteiger partial charge in [0.05, 0.1) is 32.0 Å². The van der Waals surface area contributed by atoms with Crippen LogP contribution in [0.1, 0.15) is 23.4 Å². The van der Waals surface area contributed by atoms with Gasteiger partial charge in [0.15, 0.2) is 11.5 Å². The summed E-state index contributed by atoms with van der Waals surface area (Å²) in [5.41, 5.74) is 3.56. The van der Waals surface area contributed by atoms with Crippen LogP contribution in [0.3, 0.4) is 0 Å². The van der Waals surface area contributed by atoms with E-state index in [2.05, 4.69) is 29.2 Å². The van der Waals surface area contributed by atoms with Gasteiger partial charge >= 0.3 is 0 Å². The normalized spacial score (nSPS) is 17.3. The molecule has 0 atom stereocenters. The molecule has 35 heavy (non-hydrogen) atoms. The highest BCUT2D eigenvalue weighted by atomic mass is 32.1. The standard InChI is InChI=1S/C27H30N4O3S/c1-33-23-9-8-19(14-24(23)34-2)21-17-35-27(29-21)25-22(32)16-31(26(25)28)20-10-12-30(13-11-20)15-18-6-4-3-5-7-18/h3-9,14,17,20,28,32H,10-13,15-16H2,1-2H3. The van der Waals surface area contributed by atoms with Gasteiger partial charge in [0.1, 0.15) is 16.6 Å². The van der Waals surface area contributed by atoms with Crippen LogP contribution >= 0.6 is 11.3 Å². The molecule has 2 aliphatic rings. The maximum atomic E-state index is 10.8. The summed E-state index contributed by atoms with van der Waals surface area (Å²) < 4.78 is 10.7. The highest BCUT2D eigenvalue weighted by Gasteiger charge is 2.36. The van der Waals surface area contributed by atoms with Crippen LogP contribution in [0.4, 0.5) is 0 Å². The second-order valence-electron chi connectivity index (χ2n) is 8.90. The highest BCUT2D eigenvalue weighted by molar-refractivity contribution is 7.11. The Hall–Kier alpha value is -3.36. The van der Waals surface area contributed by atoms with Gasteiger partial charge in [-0.05, 0) is 36.6 Å². The van der Waals surface area contributed by atoms with Crippen LogP contribution in [-0.2, 0) is 6.54 Å². The fourth-order valence-corrected chi connectivity index (χ4v) is 5.78. The first-order valence-corrected chi connectivity index (χ1v) is 12.7. The number of aliphatic hydroxyl groups is 1. The summed E-state index contributed by atoms with van der Waals surface area (Å²) in [6, 6.07) is 16.5. The van der Waals surface area contributed by atoms with Gasteiger partial charge in [-0.2, -0.15) is 0 Å². The Morgan fingerprint density at radius 2 is 1.80 bits per heavy atom. The number of nitrogens with one attached hydrogen (secondary N) is 1. The number of hydrogen-bond acceptors (Lipinski definition) is 7. The van der Waals surface area contributed by atoms with Crippen molar-refractivity contribution in [3.05, 3.63) is 70.2 Å². The maximum absolute atomic E-state index is 10.8. The lowest BCUT2D eigenvalue weighted by Crippen LogP contribution is -2.45. The van der Waals surface area contributed by atoms with E-state index in [1.165, 1.54) is 16.9 Å². The number of aliphatic hydroxyl groups excluding tert-OH is 1. The molecule has 0 radical (unpaired) electrons. The summed E-state index contributed by atoms with van der Waals surface area (Å²) in [4.78, 5) is 9.27. The summed E-state index contributed by atoms with van der Waals surface area (Å²) >= 11 is 1.45. The predicted molar refractivity (Wildman–Crippen MR) is 139 cm³/mol.